The number of rotatable bonds is 5. The van der Waals surface area contributed by atoms with E-state index in [1.807, 2.05) is 31.2 Å². The molecule has 0 saturated carbocycles. The molecule has 0 aliphatic carbocycles. The topological polar surface area (TPSA) is 18.5 Å². The fourth-order valence-corrected chi connectivity index (χ4v) is 1.09. The maximum absolute atomic E-state index is 5.18. The summed E-state index contributed by atoms with van der Waals surface area (Å²) in [4.78, 5) is 0. The van der Waals surface area contributed by atoms with E-state index >= 15 is 0 Å². The van der Waals surface area contributed by atoms with E-state index in [4.69, 9.17) is 9.47 Å². The maximum Gasteiger partial charge on any atom is 0.265 e. The Bertz CT molecular complexity index is 291. The van der Waals surface area contributed by atoms with Gasteiger partial charge in [-0.15, -0.1) is 0 Å². The molecule has 0 aromatic heterocycles. The van der Waals surface area contributed by atoms with E-state index in [1.54, 1.807) is 0 Å². The first-order valence-corrected chi connectivity index (χ1v) is 4.37. The predicted molar refractivity (Wildman–Crippen MR) is 56.5 cm³/mol. The van der Waals surface area contributed by atoms with Crippen LogP contribution in [0.15, 0.2) is 49.9 Å². The third-order valence-corrected chi connectivity index (χ3v) is 1.79. The second kappa shape index (κ2) is 5.12. The molecule has 0 N–H and O–H groups in total. The van der Waals surface area contributed by atoms with Crippen molar-refractivity contribution >= 4 is 0 Å². The average Bonchev–Trinajstić information content (AvgIpc) is 2.19. The molecule has 14 heavy (non-hydrogen) atoms. The van der Waals surface area contributed by atoms with E-state index in [0.717, 1.165) is 5.56 Å². The molecule has 0 spiro atoms. The van der Waals surface area contributed by atoms with Crippen LogP contribution in [0.25, 0.3) is 0 Å². The highest BCUT2D eigenvalue weighted by atomic mass is 16.7. The molecule has 2 heteroatoms. The molecule has 0 amide bonds. The molecule has 0 aliphatic rings. The molecule has 0 unspecified atom stereocenters. The number of aryl methyl sites for hydroxylation is 1. The van der Waals surface area contributed by atoms with Crippen LogP contribution in [0.5, 0.6) is 0 Å². The van der Waals surface area contributed by atoms with Crippen LogP contribution in [0.4, 0.5) is 0 Å². The number of benzene rings is 1. The molecule has 0 atom stereocenters. The largest absolute Gasteiger partial charge is 0.459 e. The van der Waals surface area contributed by atoms with Crippen molar-refractivity contribution in [3.8, 4) is 0 Å². The second-order valence-corrected chi connectivity index (χ2v) is 2.85. The van der Waals surface area contributed by atoms with Gasteiger partial charge in [0.2, 0.25) is 0 Å². The van der Waals surface area contributed by atoms with Gasteiger partial charge in [-0.1, -0.05) is 43.0 Å². The van der Waals surface area contributed by atoms with Crippen LogP contribution in [0, 0.1) is 6.92 Å². The zero-order valence-corrected chi connectivity index (χ0v) is 8.27. The summed E-state index contributed by atoms with van der Waals surface area (Å²) in [5.41, 5.74) is 2.14. The van der Waals surface area contributed by atoms with E-state index in [9.17, 15) is 0 Å². The van der Waals surface area contributed by atoms with Crippen molar-refractivity contribution in [3.05, 3.63) is 61.1 Å². The number of hydrogen-bond acceptors (Lipinski definition) is 2. The summed E-state index contributed by atoms with van der Waals surface area (Å²) >= 11 is 0. The summed E-state index contributed by atoms with van der Waals surface area (Å²) in [7, 11) is 0. The van der Waals surface area contributed by atoms with Gasteiger partial charge in [-0.05, 0) is 6.92 Å². The van der Waals surface area contributed by atoms with Crippen LogP contribution in [0.2, 0.25) is 0 Å². The van der Waals surface area contributed by atoms with Crippen LogP contribution in [-0.4, -0.2) is 0 Å². The Balaban J connectivity index is 2.80. The lowest BCUT2D eigenvalue weighted by Crippen LogP contribution is -2.01. The van der Waals surface area contributed by atoms with E-state index in [2.05, 4.69) is 13.2 Å². The number of hydrogen-bond donors (Lipinski definition) is 0. The summed E-state index contributed by atoms with van der Waals surface area (Å²) < 4.78 is 10.4. The molecule has 0 saturated heterocycles. The van der Waals surface area contributed by atoms with Crippen molar-refractivity contribution in [3.63, 3.8) is 0 Å². The molecule has 0 heterocycles. The van der Waals surface area contributed by atoms with Crippen LogP contribution >= 0.6 is 0 Å². The van der Waals surface area contributed by atoms with Gasteiger partial charge < -0.3 is 9.47 Å². The first-order valence-electron chi connectivity index (χ1n) is 4.37. The predicted octanol–water partition coefficient (Wildman–Crippen LogP) is 3.31. The Morgan fingerprint density at radius 1 is 1.07 bits per heavy atom. The van der Waals surface area contributed by atoms with E-state index in [1.165, 1.54) is 18.1 Å². The lowest BCUT2D eigenvalue weighted by atomic mass is 10.1. The third kappa shape index (κ3) is 2.66. The Labute approximate surface area is 84.5 Å². The molecule has 2 nitrogen and oxygen atoms in total. The standard InChI is InChI=1S/C12H14O2/c1-4-13-12(14-5-2)11-8-6-10(3)7-9-11/h4-9,12H,1-2H2,3H3. The smallest absolute Gasteiger partial charge is 0.265 e. The van der Waals surface area contributed by atoms with Gasteiger partial charge in [-0.25, -0.2) is 0 Å². The van der Waals surface area contributed by atoms with Gasteiger partial charge in [-0.3, -0.25) is 0 Å². The molecule has 1 aromatic carbocycles. The quantitative estimate of drug-likeness (QED) is 0.524. The minimum absolute atomic E-state index is 0.453. The molecule has 0 aliphatic heterocycles. The lowest BCUT2D eigenvalue weighted by molar-refractivity contribution is -0.0635. The summed E-state index contributed by atoms with van der Waals surface area (Å²) in [5, 5.41) is 0. The van der Waals surface area contributed by atoms with Gasteiger partial charge in [0.1, 0.15) is 0 Å². The number of ether oxygens (including phenoxy) is 2. The Morgan fingerprint density at radius 2 is 1.57 bits per heavy atom. The van der Waals surface area contributed by atoms with Crippen molar-refractivity contribution in [1.82, 2.24) is 0 Å². The van der Waals surface area contributed by atoms with Gasteiger partial charge >= 0.3 is 0 Å². The van der Waals surface area contributed by atoms with E-state index in [-0.39, 0.29) is 0 Å². The van der Waals surface area contributed by atoms with Gasteiger partial charge in [-0.2, -0.15) is 0 Å². The average molecular weight is 190 g/mol. The van der Waals surface area contributed by atoms with Crippen molar-refractivity contribution in [2.75, 3.05) is 0 Å². The van der Waals surface area contributed by atoms with Crippen LogP contribution < -0.4 is 0 Å². The second-order valence-electron chi connectivity index (χ2n) is 2.85. The van der Waals surface area contributed by atoms with Crippen LogP contribution in [0.1, 0.15) is 17.4 Å². The lowest BCUT2D eigenvalue weighted by Gasteiger charge is -2.15. The molecule has 0 fully saturated rings. The highest BCUT2D eigenvalue weighted by Crippen LogP contribution is 2.19. The molecule has 1 aromatic rings. The normalized spacial score (nSPS) is 9.57. The fourth-order valence-electron chi connectivity index (χ4n) is 1.09. The summed E-state index contributed by atoms with van der Waals surface area (Å²) in [6.07, 6.45) is 2.26. The zero-order valence-electron chi connectivity index (χ0n) is 8.27. The third-order valence-electron chi connectivity index (χ3n) is 1.79. The first-order chi connectivity index (χ1) is 6.77. The first kappa shape index (κ1) is 10.4. The molecule has 0 radical (unpaired) electrons. The van der Waals surface area contributed by atoms with E-state index in [0.29, 0.717) is 0 Å². The van der Waals surface area contributed by atoms with Crippen molar-refractivity contribution in [1.29, 1.82) is 0 Å². The zero-order chi connectivity index (χ0) is 10.4. The van der Waals surface area contributed by atoms with Crippen molar-refractivity contribution in [2.24, 2.45) is 0 Å². The Kier molecular flexibility index (Phi) is 3.80. The van der Waals surface area contributed by atoms with Gasteiger partial charge in [0.15, 0.2) is 0 Å². The molecule has 74 valence electrons. The summed E-state index contributed by atoms with van der Waals surface area (Å²) in [6.45, 7) is 9.01. The van der Waals surface area contributed by atoms with Crippen molar-refractivity contribution in [2.45, 2.75) is 13.2 Å². The van der Waals surface area contributed by atoms with E-state index < -0.39 is 6.29 Å². The Hall–Kier alpha value is -1.70. The van der Waals surface area contributed by atoms with Gasteiger partial charge in [0, 0.05) is 5.56 Å². The highest BCUT2D eigenvalue weighted by molar-refractivity contribution is 5.22. The minimum atomic E-state index is -0.453. The minimum Gasteiger partial charge on any atom is -0.459 e. The van der Waals surface area contributed by atoms with Crippen LogP contribution in [0.3, 0.4) is 0 Å². The SMILES string of the molecule is C=COC(OC=C)c1ccc(C)cc1. The molecular weight excluding hydrogens is 176 g/mol. The molecule has 1 rings (SSSR count). The molecular formula is C12H14O2. The van der Waals surface area contributed by atoms with Gasteiger partial charge in [0.05, 0.1) is 12.5 Å². The van der Waals surface area contributed by atoms with Crippen molar-refractivity contribution < 1.29 is 9.47 Å². The summed E-state index contributed by atoms with van der Waals surface area (Å²) in [6, 6.07) is 7.91. The summed E-state index contributed by atoms with van der Waals surface area (Å²) in [5.74, 6) is 0. The monoisotopic (exact) mass is 190 g/mol. The molecule has 0 bridgehead atoms. The highest BCUT2D eigenvalue weighted by Gasteiger charge is 2.09. The fraction of sp³-hybridized carbons (Fsp3) is 0.167. The van der Waals surface area contributed by atoms with Crippen LogP contribution in [-0.2, 0) is 9.47 Å². The maximum atomic E-state index is 5.18. The van der Waals surface area contributed by atoms with Gasteiger partial charge in [0.25, 0.3) is 6.29 Å². The Morgan fingerprint density at radius 3 is 2.00 bits per heavy atom.